The third-order valence-electron chi connectivity index (χ3n) is 4.49. The van der Waals surface area contributed by atoms with Gasteiger partial charge in [-0.3, -0.25) is 9.36 Å². The van der Waals surface area contributed by atoms with E-state index in [2.05, 4.69) is 15.3 Å². The number of hydrogen-bond donors (Lipinski definition) is 2. The van der Waals surface area contributed by atoms with Crippen LogP contribution in [0, 0.1) is 0 Å². The van der Waals surface area contributed by atoms with E-state index >= 15 is 0 Å². The van der Waals surface area contributed by atoms with Crippen molar-refractivity contribution in [2.24, 2.45) is 0 Å². The topological polar surface area (TPSA) is 80.0 Å². The number of nitrogens with zero attached hydrogens (tertiary/aromatic N) is 3. The molecule has 27 heavy (non-hydrogen) atoms. The van der Waals surface area contributed by atoms with Gasteiger partial charge in [-0.1, -0.05) is 17.6 Å². The van der Waals surface area contributed by atoms with Gasteiger partial charge in [0.25, 0.3) is 5.56 Å². The molecule has 0 aliphatic carbocycles. The Labute approximate surface area is 160 Å². The summed E-state index contributed by atoms with van der Waals surface area (Å²) in [5.74, 6) is 0. The zero-order valence-electron chi connectivity index (χ0n) is 15.0. The van der Waals surface area contributed by atoms with Gasteiger partial charge in [0, 0.05) is 25.0 Å². The molecule has 0 saturated heterocycles. The Kier molecular flexibility index (Phi) is 4.91. The fourth-order valence-corrected chi connectivity index (χ4v) is 4.10. The maximum Gasteiger partial charge on any atom is 0.275 e. The van der Waals surface area contributed by atoms with E-state index in [9.17, 15) is 4.79 Å². The maximum absolute atomic E-state index is 13.1. The van der Waals surface area contributed by atoms with E-state index < -0.39 is 0 Å². The summed E-state index contributed by atoms with van der Waals surface area (Å²) in [6.07, 6.45) is 4.95. The van der Waals surface area contributed by atoms with Crippen molar-refractivity contribution in [3.8, 4) is 5.69 Å². The minimum Gasteiger partial charge on any atom is -0.396 e. The van der Waals surface area contributed by atoms with Crippen molar-refractivity contribution in [3.05, 3.63) is 53.2 Å². The zero-order chi connectivity index (χ0) is 18.8. The minimum absolute atomic E-state index is 0.0851. The number of anilines is 1. The van der Waals surface area contributed by atoms with E-state index in [0.717, 1.165) is 46.4 Å². The Hall–Kier alpha value is -2.71. The van der Waals surface area contributed by atoms with Crippen molar-refractivity contribution in [2.75, 3.05) is 18.5 Å². The molecular weight excluding hydrogens is 359 g/mol. The summed E-state index contributed by atoms with van der Waals surface area (Å²) in [6, 6.07) is 9.70. The summed E-state index contributed by atoms with van der Waals surface area (Å²) < 4.78 is 2.18. The predicted molar refractivity (Wildman–Crippen MR) is 114 cm³/mol. The maximum atomic E-state index is 13.1. The SMILES string of the molecule is Bc1ccc(-n2cnc3c(sc4nccc(NCCCCO)c43)c2=O)cc1. The Morgan fingerprint density at radius 2 is 1.96 bits per heavy atom. The number of pyridine rings is 1. The van der Waals surface area contributed by atoms with Crippen LogP contribution in [-0.4, -0.2) is 40.6 Å². The molecular formula is C19H19BN4O2S. The number of aliphatic hydroxyl groups excluding tert-OH is 1. The van der Waals surface area contributed by atoms with E-state index in [1.807, 2.05) is 38.2 Å². The van der Waals surface area contributed by atoms with Gasteiger partial charge in [-0.05, 0) is 31.0 Å². The number of benzene rings is 1. The van der Waals surface area contributed by atoms with Crippen LogP contribution in [0.5, 0.6) is 0 Å². The summed E-state index contributed by atoms with van der Waals surface area (Å²) in [5, 5.41) is 13.2. The molecule has 0 unspecified atom stereocenters. The molecule has 136 valence electrons. The first-order valence-electron chi connectivity index (χ1n) is 8.89. The smallest absolute Gasteiger partial charge is 0.275 e. The number of aromatic nitrogens is 3. The average molecular weight is 378 g/mol. The highest BCUT2D eigenvalue weighted by Gasteiger charge is 2.16. The van der Waals surface area contributed by atoms with E-state index in [1.54, 1.807) is 17.1 Å². The number of thiophene rings is 1. The van der Waals surface area contributed by atoms with Crippen LogP contribution in [0.2, 0.25) is 0 Å². The van der Waals surface area contributed by atoms with Crippen molar-refractivity contribution in [3.63, 3.8) is 0 Å². The number of nitrogens with one attached hydrogen (secondary N) is 1. The van der Waals surface area contributed by atoms with Gasteiger partial charge in [-0.25, -0.2) is 9.97 Å². The van der Waals surface area contributed by atoms with Crippen LogP contribution in [0.25, 0.3) is 26.1 Å². The molecule has 0 aliphatic heterocycles. The molecule has 0 amide bonds. The molecule has 0 aliphatic rings. The summed E-state index contributed by atoms with van der Waals surface area (Å²) in [6.45, 7) is 0.937. The number of fused-ring (bicyclic) bond motifs is 3. The highest BCUT2D eigenvalue weighted by Crippen LogP contribution is 2.34. The third kappa shape index (κ3) is 3.33. The van der Waals surface area contributed by atoms with E-state index in [-0.39, 0.29) is 12.2 Å². The molecule has 0 spiro atoms. The van der Waals surface area contributed by atoms with E-state index in [0.29, 0.717) is 10.2 Å². The van der Waals surface area contributed by atoms with Crippen molar-refractivity contribution < 1.29 is 5.11 Å². The van der Waals surface area contributed by atoms with Gasteiger partial charge in [0.05, 0.1) is 16.6 Å². The number of unbranched alkanes of at least 4 members (excludes halogenated alkanes) is 1. The summed E-state index contributed by atoms with van der Waals surface area (Å²) in [4.78, 5) is 22.9. The Morgan fingerprint density at radius 1 is 1.15 bits per heavy atom. The highest BCUT2D eigenvalue weighted by molar-refractivity contribution is 7.25. The lowest BCUT2D eigenvalue weighted by Gasteiger charge is -2.08. The molecule has 6 nitrogen and oxygen atoms in total. The van der Waals surface area contributed by atoms with Gasteiger partial charge in [0.2, 0.25) is 0 Å². The second-order valence-electron chi connectivity index (χ2n) is 6.43. The van der Waals surface area contributed by atoms with Gasteiger partial charge >= 0.3 is 0 Å². The van der Waals surface area contributed by atoms with E-state index in [4.69, 9.17) is 5.11 Å². The van der Waals surface area contributed by atoms with Gasteiger partial charge < -0.3 is 10.4 Å². The molecule has 4 aromatic rings. The minimum atomic E-state index is -0.0851. The van der Waals surface area contributed by atoms with Crippen LogP contribution in [0.4, 0.5) is 5.69 Å². The van der Waals surface area contributed by atoms with Gasteiger partial charge in [-0.2, -0.15) is 0 Å². The van der Waals surface area contributed by atoms with Crippen molar-refractivity contribution >= 4 is 50.8 Å². The first-order chi connectivity index (χ1) is 13.2. The molecule has 0 saturated carbocycles. The molecule has 1 aromatic carbocycles. The highest BCUT2D eigenvalue weighted by atomic mass is 32.1. The van der Waals surface area contributed by atoms with Crippen LogP contribution in [0.3, 0.4) is 0 Å². The number of aliphatic hydroxyl groups is 1. The second kappa shape index (κ2) is 7.50. The molecule has 3 aromatic heterocycles. The van der Waals surface area contributed by atoms with Gasteiger partial charge in [-0.15, -0.1) is 11.3 Å². The van der Waals surface area contributed by atoms with Gasteiger partial charge in [0.15, 0.2) is 0 Å². The van der Waals surface area contributed by atoms with Crippen molar-refractivity contribution in [2.45, 2.75) is 12.8 Å². The average Bonchev–Trinajstić information content (AvgIpc) is 3.07. The first kappa shape index (κ1) is 17.7. The number of hydrogen-bond acceptors (Lipinski definition) is 6. The van der Waals surface area contributed by atoms with Crippen LogP contribution in [0.15, 0.2) is 47.7 Å². The molecule has 0 radical (unpaired) electrons. The molecule has 2 N–H and O–H groups in total. The summed E-state index contributed by atoms with van der Waals surface area (Å²) in [7, 11) is 2.01. The van der Waals surface area contributed by atoms with Crippen molar-refractivity contribution in [1.29, 1.82) is 0 Å². The van der Waals surface area contributed by atoms with Gasteiger partial charge in [0.1, 0.15) is 23.7 Å². The standard InChI is InChI=1S/C19H19BN4O2S/c20-12-3-5-13(6-4-12)24-11-23-16-15-14(21-8-1-2-10-25)7-9-22-18(15)27-17(16)19(24)26/h3-7,9,11,25H,1-2,8,10,20H2,(H,21,22). The lowest BCUT2D eigenvalue weighted by molar-refractivity contribution is 0.286. The zero-order valence-corrected chi connectivity index (χ0v) is 15.8. The predicted octanol–water partition coefficient (Wildman–Crippen LogP) is 1.44. The molecule has 0 atom stereocenters. The van der Waals surface area contributed by atoms with E-state index in [1.165, 1.54) is 11.3 Å². The third-order valence-corrected chi connectivity index (χ3v) is 5.57. The second-order valence-corrected chi connectivity index (χ2v) is 7.43. The normalized spacial score (nSPS) is 11.3. The van der Waals surface area contributed by atoms with Crippen molar-refractivity contribution in [1.82, 2.24) is 14.5 Å². The fourth-order valence-electron chi connectivity index (χ4n) is 3.05. The summed E-state index contributed by atoms with van der Waals surface area (Å²) in [5.41, 5.74) is 3.46. The molecule has 3 heterocycles. The van der Waals surface area contributed by atoms with Crippen LogP contribution in [0.1, 0.15) is 12.8 Å². The first-order valence-corrected chi connectivity index (χ1v) is 9.71. The van der Waals surface area contributed by atoms with Crippen LogP contribution in [-0.2, 0) is 0 Å². The lowest BCUT2D eigenvalue weighted by Crippen LogP contribution is -2.18. The Morgan fingerprint density at radius 3 is 2.74 bits per heavy atom. The lowest BCUT2D eigenvalue weighted by atomic mass is 9.96. The number of rotatable bonds is 6. The monoisotopic (exact) mass is 378 g/mol. The molecule has 4 rings (SSSR count). The van der Waals surface area contributed by atoms with Crippen LogP contribution < -0.4 is 16.3 Å². The Bertz CT molecular complexity index is 1150. The quantitative estimate of drug-likeness (QED) is 0.392. The van der Waals surface area contributed by atoms with Crippen LogP contribution >= 0.6 is 11.3 Å². The Balaban J connectivity index is 1.81. The summed E-state index contributed by atoms with van der Waals surface area (Å²) >= 11 is 1.37. The molecule has 8 heteroatoms. The largest absolute Gasteiger partial charge is 0.396 e. The molecule has 0 bridgehead atoms. The molecule has 0 fully saturated rings. The fraction of sp³-hybridized carbons (Fsp3) is 0.211.